The van der Waals surface area contributed by atoms with Gasteiger partial charge >= 0.3 is 0 Å². The van der Waals surface area contributed by atoms with Gasteiger partial charge in [0.05, 0.1) is 11.0 Å². The van der Waals surface area contributed by atoms with Crippen molar-refractivity contribution in [3.8, 4) is 39.9 Å². The van der Waals surface area contributed by atoms with E-state index in [1.165, 1.54) is 0 Å². The molecule has 0 amide bonds. The van der Waals surface area contributed by atoms with Crippen LogP contribution in [0.25, 0.3) is 83.6 Å². The Balaban J connectivity index is 1.28. The summed E-state index contributed by atoms with van der Waals surface area (Å²) in [6.45, 7) is 0. The molecule has 6 heteroatoms. The van der Waals surface area contributed by atoms with Crippen LogP contribution < -0.4 is 0 Å². The topological polar surface area (TPSA) is 56.7 Å². The lowest BCUT2D eigenvalue weighted by atomic mass is 10.1. The van der Waals surface area contributed by atoms with Gasteiger partial charge in [-0.2, -0.15) is 0 Å². The molecule has 0 unspecified atom stereocenters. The Morgan fingerprint density at radius 1 is 0.444 bits per heavy atom. The molecule has 6 aromatic carbocycles. The van der Waals surface area contributed by atoms with Gasteiger partial charge in [0, 0.05) is 55.0 Å². The molecule has 0 N–H and O–H groups in total. The van der Waals surface area contributed by atoms with E-state index >= 15 is 0 Å². The Labute approximate surface area is 263 Å². The van der Waals surface area contributed by atoms with E-state index in [9.17, 15) is 0 Å². The summed E-state index contributed by atoms with van der Waals surface area (Å²) in [6, 6.07) is 46.9. The molecule has 9 aromatic rings. The van der Waals surface area contributed by atoms with Gasteiger partial charge in [0.2, 0.25) is 0 Å². The average Bonchev–Trinajstić information content (AvgIpc) is 3.62. The lowest BCUT2D eigenvalue weighted by molar-refractivity contribution is 0.669. The first-order valence-electron chi connectivity index (χ1n) is 14.7. The molecule has 0 bridgehead atoms. The quantitative estimate of drug-likeness (QED) is 0.202. The molecule has 3 heterocycles. The molecular formula is C39H23ClN4O. The Bertz CT molecular complexity index is 2500. The number of fused-ring (bicyclic) bond motifs is 6. The fraction of sp³-hybridized carbons (Fsp3) is 0. The van der Waals surface area contributed by atoms with Crippen LogP contribution in [0.4, 0.5) is 0 Å². The molecule has 0 saturated heterocycles. The maximum atomic E-state index is 6.59. The second kappa shape index (κ2) is 10.2. The minimum Gasteiger partial charge on any atom is -0.456 e. The largest absolute Gasteiger partial charge is 0.456 e. The van der Waals surface area contributed by atoms with E-state index in [0.29, 0.717) is 22.5 Å². The Morgan fingerprint density at radius 2 is 1.07 bits per heavy atom. The Morgan fingerprint density at radius 3 is 1.80 bits per heavy atom. The van der Waals surface area contributed by atoms with Gasteiger partial charge in [-0.1, -0.05) is 109 Å². The van der Waals surface area contributed by atoms with Gasteiger partial charge in [-0.3, -0.25) is 0 Å². The highest BCUT2D eigenvalue weighted by atomic mass is 35.5. The van der Waals surface area contributed by atoms with Gasteiger partial charge < -0.3 is 8.98 Å². The van der Waals surface area contributed by atoms with Crippen molar-refractivity contribution in [3.63, 3.8) is 0 Å². The third kappa shape index (κ3) is 4.28. The first-order chi connectivity index (χ1) is 22.2. The number of aromatic nitrogens is 4. The van der Waals surface area contributed by atoms with E-state index in [2.05, 4.69) is 41.0 Å². The normalized spacial score (nSPS) is 11.7. The fourth-order valence-electron chi connectivity index (χ4n) is 6.21. The van der Waals surface area contributed by atoms with Crippen LogP contribution in [0, 0.1) is 0 Å². The minimum absolute atomic E-state index is 0.600. The van der Waals surface area contributed by atoms with Gasteiger partial charge in [-0.05, 0) is 36.4 Å². The SMILES string of the molecule is Clc1ccc2c3cc4c(cc3n(-c3cccc(-c5nc(-c6ccccc6)nc(-c6ccccc6)n5)c3)c2c1)oc1ccccc14. The third-order valence-corrected chi connectivity index (χ3v) is 8.52. The molecule has 5 nitrogen and oxygen atoms in total. The van der Waals surface area contributed by atoms with Crippen LogP contribution >= 0.6 is 11.6 Å². The number of furan rings is 1. The lowest BCUT2D eigenvalue weighted by Gasteiger charge is -2.11. The van der Waals surface area contributed by atoms with Gasteiger partial charge in [0.25, 0.3) is 0 Å². The van der Waals surface area contributed by atoms with Crippen LogP contribution in [0.5, 0.6) is 0 Å². The van der Waals surface area contributed by atoms with E-state index in [-0.39, 0.29) is 0 Å². The predicted octanol–water partition coefficient (Wildman–Crippen LogP) is 10.5. The van der Waals surface area contributed by atoms with Crippen molar-refractivity contribution >= 4 is 55.3 Å². The monoisotopic (exact) mass is 598 g/mol. The number of halogens is 1. The molecule has 0 aliphatic rings. The zero-order chi connectivity index (χ0) is 29.9. The summed E-state index contributed by atoms with van der Waals surface area (Å²) >= 11 is 6.59. The maximum absolute atomic E-state index is 6.59. The molecule has 0 saturated carbocycles. The van der Waals surface area contributed by atoms with Gasteiger partial charge in [0.1, 0.15) is 11.2 Å². The molecule has 45 heavy (non-hydrogen) atoms. The molecule has 0 radical (unpaired) electrons. The van der Waals surface area contributed by atoms with Crippen LogP contribution in [0.3, 0.4) is 0 Å². The third-order valence-electron chi connectivity index (χ3n) is 8.29. The summed E-state index contributed by atoms with van der Waals surface area (Å²) in [7, 11) is 0. The Kier molecular flexibility index (Phi) is 5.80. The van der Waals surface area contributed by atoms with Crippen LogP contribution in [0.2, 0.25) is 5.02 Å². The number of rotatable bonds is 4. The summed E-state index contributed by atoms with van der Waals surface area (Å²) in [5.74, 6) is 1.85. The predicted molar refractivity (Wildman–Crippen MR) is 183 cm³/mol. The summed E-state index contributed by atoms with van der Waals surface area (Å²) in [5.41, 5.74) is 7.47. The molecule has 0 spiro atoms. The van der Waals surface area contributed by atoms with Crippen molar-refractivity contribution in [2.75, 3.05) is 0 Å². The first kappa shape index (κ1) is 25.7. The number of para-hydroxylation sites is 1. The number of nitrogens with zero attached hydrogens (tertiary/aromatic N) is 4. The zero-order valence-corrected chi connectivity index (χ0v) is 24.6. The summed E-state index contributed by atoms with van der Waals surface area (Å²) in [4.78, 5) is 14.8. The second-order valence-electron chi connectivity index (χ2n) is 11.0. The number of benzene rings is 6. The van der Waals surface area contributed by atoms with Gasteiger partial charge in [-0.25, -0.2) is 15.0 Å². The van der Waals surface area contributed by atoms with Crippen molar-refractivity contribution in [2.45, 2.75) is 0 Å². The van der Waals surface area contributed by atoms with Gasteiger partial charge in [0.15, 0.2) is 17.5 Å². The van der Waals surface area contributed by atoms with Crippen LogP contribution in [-0.4, -0.2) is 19.5 Å². The average molecular weight is 599 g/mol. The van der Waals surface area contributed by atoms with E-state index in [1.54, 1.807) is 0 Å². The van der Waals surface area contributed by atoms with E-state index in [1.807, 2.05) is 103 Å². The standard InChI is InChI=1S/C39H23ClN4O/c40-27-18-19-29-31-22-32-30-16-7-8-17-35(30)45-36(32)23-34(31)44(33(29)21-27)28-15-9-14-26(20-28)39-42-37(24-10-3-1-4-11-24)41-38(43-39)25-12-5-2-6-13-25/h1-23H. The molecule has 0 fully saturated rings. The summed E-state index contributed by atoms with van der Waals surface area (Å²) in [6.07, 6.45) is 0. The molecule has 0 aliphatic heterocycles. The summed E-state index contributed by atoms with van der Waals surface area (Å²) < 4.78 is 8.55. The van der Waals surface area contributed by atoms with E-state index in [4.69, 9.17) is 31.0 Å². The first-order valence-corrected chi connectivity index (χ1v) is 15.1. The van der Waals surface area contributed by atoms with Crippen LogP contribution in [0.15, 0.2) is 144 Å². The minimum atomic E-state index is 0.600. The van der Waals surface area contributed by atoms with Crippen molar-refractivity contribution in [3.05, 3.63) is 145 Å². The molecular weight excluding hydrogens is 576 g/mol. The molecule has 212 valence electrons. The summed E-state index contributed by atoms with van der Waals surface area (Å²) in [5, 5.41) is 5.11. The number of hydrogen-bond acceptors (Lipinski definition) is 4. The van der Waals surface area contributed by atoms with Crippen LogP contribution in [0.1, 0.15) is 0 Å². The lowest BCUT2D eigenvalue weighted by Crippen LogP contribution is -2.01. The van der Waals surface area contributed by atoms with Crippen molar-refractivity contribution < 1.29 is 4.42 Å². The van der Waals surface area contributed by atoms with E-state index < -0.39 is 0 Å². The molecule has 9 rings (SSSR count). The highest BCUT2D eigenvalue weighted by molar-refractivity contribution is 6.31. The van der Waals surface area contributed by atoms with Crippen molar-refractivity contribution in [2.24, 2.45) is 0 Å². The second-order valence-corrected chi connectivity index (χ2v) is 11.5. The Hall–Kier alpha value is -5.78. The highest BCUT2D eigenvalue weighted by Crippen LogP contribution is 2.39. The van der Waals surface area contributed by atoms with E-state index in [0.717, 1.165) is 66.1 Å². The zero-order valence-electron chi connectivity index (χ0n) is 23.9. The highest BCUT2D eigenvalue weighted by Gasteiger charge is 2.18. The van der Waals surface area contributed by atoms with Gasteiger partial charge in [-0.15, -0.1) is 0 Å². The fourth-order valence-corrected chi connectivity index (χ4v) is 6.37. The molecule has 3 aromatic heterocycles. The van der Waals surface area contributed by atoms with Crippen molar-refractivity contribution in [1.29, 1.82) is 0 Å². The van der Waals surface area contributed by atoms with Crippen molar-refractivity contribution in [1.82, 2.24) is 19.5 Å². The molecule has 0 aliphatic carbocycles. The maximum Gasteiger partial charge on any atom is 0.164 e. The van der Waals surface area contributed by atoms with Crippen LogP contribution in [-0.2, 0) is 0 Å². The molecule has 0 atom stereocenters. The number of hydrogen-bond donors (Lipinski definition) is 0. The smallest absolute Gasteiger partial charge is 0.164 e.